The molecule has 0 aromatic carbocycles. The number of nitrogens with one attached hydrogen (secondary N) is 1. The van der Waals surface area contributed by atoms with Gasteiger partial charge in [-0.2, -0.15) is 13.2 Å². The smallest absolute Gasteiger partial charge is 0.311 e. The lowest BCUT2D eigenvalue weighted by atomic mass is 9.86. The van der Waals surface area contributed by atoms with Crippen molar-refractivity contribution in [2.75, 3.05) is 19.6 Å². The van der Waals surface area contributed by atoms with E-state index in [2.05, 4.69) is 19.2 Å². The summed E-state index contributed by atoms with van der Waals surface area (Å²) >= 11 is 0. The van der Waals surface area contributed by atoms with Crippen LogP contribution in [0.15, 0.2) is 0 Å². The Balaban J connectivity index is 1.75. The van der Waals surface area contributed by atoms with Gasteiger partial charge in [0.2, 0.25) is 0 Å². The summed E-state index contributed by atoms with van der Waals surface area (Å²) in [4.78, 5) is 1.53. The van der Waals surface area contributed by atoms with Gasteiger partial charge >= 0.3 is 6.18 Å². The van der Waals surface area contributed by atoms with Gasteiger partial charge in [-0.1, -0.05) is 20.3 Å². The number of hydrogen-bond donors (Lipinski definition) is 1. The lowest BCUT2D eigenvalue weighted by Crippen LogP contribution is -2.50. The molecule has 1 atom stereocenters. The fraction of sp³-hybridized carbons (Fsp3) is 1.00. The van der Waals surface area contributed by atoms with E-state index < -0.39 is 12.7 Å². The zero-order chi connectivity index (χ0) is 14.1. The van der Waals surface area contributed by atoms with E-state index in [0.29, 0.717) is 30.6 Å². The molecule has 0 aromatic rings. The van der Waals surface area contributed by atoms with Crippen molar-refractivity contribution in [3.63, 3.8) is 0 Å². The summed E-state index contributed by atoms with van der Waals surface area (Å²) < 4.78 is 36.9. The second-order valence-corrected chi connectivity index (χ2v) is 6.77. The molecule has 0 spiro atoms. The predicted molar refractivity (Wildman–Crippen MR) is 70.1 cm³/mol. The van der Waals surface area contributed by atoms with Crippen LogP contribution in [0.1, 0.15) is 46.0 Å². The van der Waals surface area contributed by atoms with Crippen LogP contribution in [-0.2, 0) is 0 Å². The molecule has 0 radical (unpaired) electrons. The van der Waals surface area contributed by atoms with Crippen LogP contribution < -0.4 is 5.32 Å². The van der Waals surface area contributed by atoms with Crippen LogP contribution in [0.4, 0.5) is 13.2 Å². The van der Waals surface area contributed by atoms with Crippen LogP contribution in [0.2, 0.25) is 0 Å². The van der Waals surface area contributed by atoms with Gasteiger partial charge in [0.15, 0.2) is 0 Å². The van der Waals surface area contributed by atoms with Gasteiger partial charge in [0.05, 0.1) is 6.54 Å². The van der Waals surface area contributed by atoms with E-state index >= 15 is 0 Å². The number of halogens is 3. The first kappa shape index (κ1) is 15.1. The van der Waals surface area contributed by atoms with Crippen molar-refractivity contribution in [3.8, 4) is 0 Å². The van der Waals surface area contributed by atoms with Crippen LogP contribution in [0.3, 0.4) is 0 Å². The fourth-order valence-electron chi connectivity index (χ4n) is 3.43. The van der Waals surface area contributed by atoms with E-state index in [-0.39, 0.29) is 0 Å². The number of rotatable bonds is 3. The SMILES string of the molecule is CC1(C)CCCC1NC1CCN(CC(F)(F)F)CC1. The molecular weight excluding hydrogens is 253 g/mol. The van der Waals surface area contributed by atoms with Crippen molar-refractivity contribution in [1.29, 1.82) is 0 Å². The van der Waals surface area contributed by atoms with E-state index in [0.717, 1.165) is 12.8 Å². The summed E-state index contributed by atoms with van der Waals surface area (Å²) in [6, 6.07) is 0.929. The van der Waals surface area contributed by atoms with Crippen molar-refractivity contribution in [2.24, 2.45) is 5.41 Å². The first-order valence-electron chi connectivity index (χ1n) is 7.31. The van der Waals surface area contributed by atoms with Crippen molar-refractivity contribution in [3.05, 3.63) is 0 Å². The minimum atomic E-state index is -4.06. The fourth-order valence-corrected chi connectivity index (χ4v) is 3.43. The first-order valence-corrected chi connectivity index (χ1v) is 7.31. The molecule has 2 nitrogen and oxygen atoms in total. The Morgan fingerprint density at radius 1 is 1.16 bits per heavy atom. The number of alkyl halides is 3. The summed E-state index contributed by atoms with van der Waals surface area (Å²) in [5.41, 5.74) is 0.336. The zero-order valence-corrected chi connectivity index (χ0v) is 11.9. The highest BCUT2D eigenvalue weighted by atomic mass is 19.4. The summed E-state index contributed by atoms with van der Waals surface area (Å²) in [7, 11) is 0. The molecule has 2 fully saturated rings. The third-order valence-electron chi connectivity index (χ3n) is 4.68. The van der Waals surface area contributed by atoms with Gasteiger partial charge < -0.3 is 5.32 Å². The largest absolute Gasteiger partial charge is 0.401 e. The molecule has 1 saturated heterocycles. The number of piperidine rings is 1. The normalized spacial score (nSPS) is 29.8. The minimum Gasteiger partial charge on any atom is -0.311 e. The second-order valence-electron chi connectivity index (χ2n) is 6.77. The monoisotopic (exact) mass is 278 g/mol. The van der Waals surface area contributed by atoms with E-state index in [4.69, 9.17) is 0 Å². The highest BCUT2D eigenvalue weighted by Crippen LogP contribution is 2.37. The van der Waals surface area contributed by atoms with Crippen LogP contribution in [0.5, 0.6) is 0 Å². The molecule has 2 rings (SSSR count). The molecule has 0 bridgehead atoms. The Bertz CT molecular complexity index is 294. The Labute approximate surface area is 113 Å². The van der Waals surface area contributed by atoms with Crippen LogP contribution >= 0.6 is 0 Å². The predicted octanol–water partition coefficient (Wildman–Crippen LogP) is 3.18. The van der Waals surface area contributed by atoms with E-state index in [1.807, 2.05) is 0 Å². The standard InChI is InChI=1S/C14H25F3N2/c1-13(2)7-3-4-12(13)18-11-5-8-19(9-6-11)10-14(15,16)17/h11-12,18H,3-10H2,1-2H3. The average molecular weight is 278 g/mol. The number of nitrogens with zero attached hydrogens (tertiary/aromatic N) is 1. The third kappa shape index (κ3) is 4.35. The maximum atomic E-state index is 12.3. The van der Waals surface area contributed by atoms with E-state index in [1.165, 1.54) is 24.2 Å². The average Bonchev–Trinajstić information content (AvgIpc) is 2.59. The molecule has 5 heteroatoms. The minimum absolute atomic E-state index is 0.336. The highest BCUT2D eigenvalue weighted by Gasteiger charge is 2.37. The van der Waals surface area contributed by atoms with E-state index in [1.54, 1.807) is 0 Å². The zero-order valence-electron chi connectivity index (χ0n) is 11.9. The van der Waals surface area contributed by atoms with Gasteiger partial charge in [-0.15, -0.1) is 0 Å². The van der Waals surface area contributed by atoms with Crippen molar-refractivity contribution < 1.29 is 13.2 Å². The summed E-state index contributed by atoms with van der Waals surface area (Å²) in [6.07, 6.45) is 1.32. The van der Waals surface area contributed by atoms with Crippen LogP contribution in [0, 0.1) is 5.41 Å². The highest BCUT2D eigenvalue weighted by molar-refractivity contribution is 4.93. The number of likely N-dealkylation sites (tertiary alicyclic amines) is 1. The maximum Gasteiger partial charge on any atom is 0.401 e. The van der Waals surface area contributed by atoms with Gasteiger partial charge in [-0.25, -0.2) is 0 Å². The molecule has 0 amide bonds. The summed E-state index contributed by atoms with van der Waals surface area (Å²) in [5.74, 6) is 0. The van der Waals surface area contributed by atoms with Crippen LogP contribution in [0.25, 0.3) is 0 Å². The molecule has 112 valence electrons. The summed E-state index contributed by atoms with van der Waals surface area (Å²) in [5, 5.41) is 3.68. The molecule has 1 N–H and O–H groups in total. The first-order chi connectivity index (χ1) is 8.76. The molecule has 1 unspecified atom stereocenters. The lowest BCUT2D eigenvalue weighted by molar-refractivity contribution is -0.148. The molecular formula is C14H25F3N2. The lowest BCUT2D eigenvalue weighted by Gasteiger charge is -2.37. The molecule has 19 heavy (non-hydrogen) atoms. The molecule has 2 aliphatic rings. The molecule has 1 heterocycles. The topological polar surface area (TPSA) is 15.3 Å². The number of hydrogen-bond acceptors (Lipinski definition) is 2. The van der Waals surface area contributed by atoms with Gasteiger partial charge in [0, 0.05) is 12.1 Å². The Morgan fingerprint density at radius 3 is 2.26 bits per heavy atom. The Kier molecular flexibility index (Phi) is 4.45. The Hall–Kier alpha value is -0.290. The van der Waals surface area contributed by atoms with Crippen molar-refractivity contribution >= 4 is 0 Å². The molecule has 1 aliphatic heterocycles. The van der Waals surface area contributed by atoms with Gasteiger partial charge in [0.25, 0.3) is 0 Å². The van der Waals surface area contributed by atoms with Gasteiger partial charge in [-0.05, 0) is 44.2 Å². The molecule has 1 saturated carbocycles. The van der Waals surface area contributed by atoms with Crippen molar-refractivity contribution in [1.82, 2.24) is 10.2 Å². The van der Waals surface area contributed by atoms with E-state index in [9.17, 15) is 13.2 Å². The molecule has 1 aliphatic carbocycles. The Morgan fingerprint density at radius 2 is 1.79 bits per heavy atom. The quantitative estimate of drug-likeness (QED) is 0.853. The van der Waals surface area contributed by atoms with Crippen LogP contribution in [-0.4, -0.2) is 42.8 Å². The maximum absolute atomic E-state index is 12.3. The molecule has 0 aromatic heterocycles. The third-order valence-corrected chi connectivity index (χ3v) is 4.68. The van der Waals surface area contributed by atoms with Gasteiger partial charge in [-0.3, -0.25) is 4.90 Å². The van der Waals surface area contributed by atoms with Gasteiger partial charge in [0.1, 0.15) is 0 Å². The van der Waals surface area contributed by atoms with Crippen molar-refractivity contribution in [2.45, 2.75) is 64.2 Å². The summed E-state index contributed by atoms with van der Waals surface area (Å²) in [6.45, 7) is 4.94. The second kappa shape index (κ2) is 5.60.